The maximum atomic E-state index is 9.13. The standard InChI is InChI=1S/C15H26N2O3/c1-4-20-15-13(6-5-7-14(15)19-3)11-17-9-8-16-10-12(2)18/h5-7,12,16-18H,4,8-11H2,1-3H3. The minimum atomic E-state index is -0.307. The molecule has 0 aliphatic carbocycles. The fraction of sp³-hybridized carbons (Fsp3) is 0.600. The lowest BCUT2D eigenvalue weighted by molar-refractivity contribution is 0.191. The predicted octanol–water partition coefficient (Wildman–Crippen LogP) is 1.15. The molecule has 20 heavy (non-hydrogen) atoms. The smallest absolute Gasteiger partial charge is 0.165 e. The van der Waals surface area contributed by atoms with Crippen LogP contribution < -0.4 is 20.1 Å². The van der Waals surface area contributed by atoms with Gasteiger partial charge in [0.1, 0.15) is 0 Å². The molecule has 0 aliphatic rings. The quantitative estimate of drug-likeness (QED) is 0.562. The number of para-hydroxylation sites is 1. The van der Waals surface area contributed by atoms with Crippen LogP contribution in [0, 0.1) is 0 Å². The zero-order valence-electron chi connectivity index (χ0n) is 12.6. The third-order valence-electron chi connectivity index (χ3n) is 2.80. The Morgan fingerprint density at radius 2 is 2.00 bits per heavy atom. The summed E-state index contributed by atoms with van der Waals surface area (Å²) in [4.78, 5) is 0. The molecule has 1 atom stereocenters. The molecular weight excluding hydrogens is 256 g/mol. The lowest BCUT2D eigenvalue weighted by Crippen LogP contribution is -2.31. The van der Waals surface area contributed by atoms with Crippen molar-refractivity contribution in [2.45, 2.75) is 26.5 Å². The Morgan fingerprint density at radius 3 is 2.65 bits per heavy atom. The molecule has 1 aromatic rings. The molecule has 5 nitrogen and oxygen atoms in total. The summed E-state index contributed by atoms with van der Waals surface area (Å²) in [5, 5.41) is 15.6. The average Bonchev–Trinajstić information content (AvgIpc) is 2.44. The van der Waals surface area contributed by atoms with Crippen molar-refractivity contribution >= 4 is 0 Å². The van der Waals surface area contributed by atoms with Crippen molar-refractivity contribution in [3.05, 3.63) is 23.8 Å². The molecule has 5 heteroatoms. The van der Waals surface area contributed by atoms with Crippen LogP contribution in [0.2, 0.25) is 0 Å². The van der Waals surface area contributed by atoms with Gasteiger partial charge in [-0.2, -0.15) is 0 Å². The predicted molar refractivity (Wildman–Crippen MR) is 80.4 cm³/mol. The van der Waals surface area contributed by atoms with E-state index >= 15 is 0 Å². The van der Waals surface area contributed by atoms with E-state index in [0.717, 1.165) is 36.7 Å². The van der Waals surface area contributed by atoms with Gasteiger partial charge in [0.25, 0.3) is 0 Å². The van der Waals surface area contributed by atoms with Gasteiger partial charge in [0, 0.05) is 31.7 Å². The van der Waals surface area contributed by atoms with E-state index in [-0.39, 0.29) is 6.10 Å². The van der Waals surface area contributed by atoms with Crippen LogP contribution in [-0.2, 0) is 6.54 Å². The summed E-state index contributed by atoms with van der Waals surface area (Å²) in [5.74, 6) is 1.57. The lowest BCUT2D eigenvalue weighted by Gasteiger charge is -2.14. The van der Waals surface area contributed by atoms with E-state index in [1.54, 1.807) is 14.0 Å². The van der Waals surface area contributed by atoms with E-state index in [2.05, 4.69) is 10.6 Å². The molecule has 0 fully saturated rings. The maximum absolute atomic E-state index is 9.13. The Bertz CT molecular complexity index is 383. The highest BCUT2D eigenvalue weighted by atomic mass is 16.5. The summed E-state index contributed by atoms with van der Waals surface area (Å²) >= 11 is 0. The number of methoxy groups -OCH3 is 1. The van der Waals surface area contributed by atoms with Crippen molar-refractivity contribution in [1.29, 1.82) is 0 Å². The number of aliphatic hydroxyl groups excluding tert-OH is 1. The van der Waals surface area contributed by atoms with Gasteiger partial charge >= 0.3 is 0 Å². The van der Waals surface area contributed by atoms with Crippen molar-refractivity contribution in [3.8, 4) is 11.5 Å². The van der Waals surface area contributed by atoms with E-state index < -0.39 is 0 Å². The third kappa shape index (κ3) is 5.77. The van der Waals surface area contributed by atoms with E-state index in [0.29, 0.717) is 13.2 Å². The van der Waals surface area contributed by atoms with E-state index in [4.69, 9.17) is 14.6 Å². The monoisotopic (exact) mass is 282 g/mol. The molecule has 1 unspecified atom stereocenters. The summed E-state index contributed by atoms with van der Waals surface area (Å²) < 4.78 is 11.0. The first-order chi connectivity index (χ1) is 9.69. The van der Waals surface area contributed by atoms with Gasteiger partial charge in [0.2, 0.25) is 0 Å². The highest BCUT2D eigenvalue weighted by Gasteiger charge is 2.09. The van der Waals surface area contributed by atoms with Crippen LogP contribution in [0.1, 0.15) is 19.4 Å². The van der Waals surface area contributed by atoms with Gasteiger partial charge in [-0.1, -0.05) is 12.1 Å². The van der Waals surface area contributed by atoms with Gasteiger partial charge in [0.15, 0.2) is 11.5 Å². The zero-order valence-corrected chi connectivity index (χ0v) is 12.6. The molecule has 0 heterocycles. The Labute approximate surface area is 121 Å². The normalized spacial score (nSPS) is 12.2. The largest absolute Gasteiger partial charge is 0.493 e. The van der Waals surface area contributed by atoms with Crippen LogP contribution in [0.25, 0.3) is 0 Å². The second kappa shape index (κ2) is 9.58. The van der Waals surface area contributed by atoms with Gasteiger partial charge in [-0.15, -0.1) is 0 Å². The molecule has 0 bridgehead atoms. The Balaban J connectivity index is 2.42. The summed E-state index contributed by atoms with van der Waals surface area (Å²) in [6.45, 7) is 7.33. The number of hydrogen-bond acceptors (Lipinski definition) is 5. The minimum Gasteiger partial charge on any atom is -0.493 e. The van der Waals surface area contributed by atoms with Crippen LogP contribution in [0.15, 0.2) is 18.2 Å². The summed E-state index contributed by atoms with van der Waals surface area (Å²) in [6.07, 6.45) is -0.307. The summed E-state index contributed by atoms with van der Waals surface area (Å²) in [5.41, 5.74) is 1.08. The van der Waals surface area contributed by atoms with Crippen molar-refractivity contribution in [1.82, 2.24) is 10.6 Å². The number of ether oxygens (including phenoxy) is 2. The number of hydrogen-bond donors (Lipinski definition) is 3. The first-order valence-corrected chi connectivity index (χ1v) is 7.07. The molecule has 1 rings (SSSR count). The molecular formula is C15H26N2O3. The van der Waals surface area contributed by atoms with Crippen LogP contribution in [-0.4, -0.2) is 44.6 Å². The molecule has 0 aliphatic heterocycles. The minimum absolute atomic E-state index is 0.307. The van der Waals surface area contributed by atoms with E-state index in [1.807, 2.05) is 25.1 Å². The molecule has 0 radical (unpaired) electrons. The highest BCUT2D eigenvalue weighted by Crippen LogP contribution is 2.30. The Morgan fingerprint density at radius 1 is 1.25 bits per heavy atom. The molecule has 114 valence electrons. The van der Waals surface area contributed by atoms with Gasteiger partial charge in [-0.25, -0.2) is 0 Å². The topological polar surface area (TPSA) is 62.8 Å². The van der Waals surface area contributed by atoms with Crippen molar-refractivity contribution in [3.63, 3.8) is 0 Å². The molecule has 1 aromatic carbocycles. The second-order valence-corrected chi connectivity index (χ2v) is 4.61. The fourth-order valence-electron chi connectivity index (χ4n) is 1.88. The molecule has 0 saturated heterocycles. The highest BCUT2D eigenvalue weighted by molar-refractivity contribution is 5.46. The number of benzene rings is 1. The summed E-state index contributed by atoms with van der Waals surface area (Å²) in [6, 6.07) is 5.90. The van der Waals surface area contributed by atoms with Gasteiger partial charge in [-0.3, -0.25) is 0 Å². The van der Waals surface area contributed by atoms with Crippen LogP contribution in [0.5, 0.6) is 11.5 Å². The SMILES string of the molecule is CCOc1c(CNCCNCC(C)O)cccc1OC. The van der Waals surface area contributed by atoms with Crippen molar-refractivity contribution in [2.75, 3.05) is 33.4 Å². The summed E-state index contributed by atoms with van der Waals surface area (Å²) in [7, 11) is 1.65. The van der Waals surface area contributed by atoms with Crippen LogP contribution in [0.4, 0.5) is 0 Å². The molecule has 0 saturated carbocycles. The second-order valence-electron chi connectivity index (χ2n) is 4.61. The first kappa shape index (κ1) is 16.8. The molecule has 0 amide bonds. The fourth-order valence-corrected chi connectivity index (χ4v) is 1.88. The van der Waals surface area contributed by atoms with Crippen molar-refractivity contribution < 1.29 is 14.6 Å². The van der Waals surface area contributed by atoms with E-state index in [1.165, 1.54) is 0 Å². The Kier molecular flexibility index (Phi) is 8.02. The maximum Gasteiger partial charge on any atom is 0.165 e. The van der Waals surface area contributed by atoms with Crippen molar-refractivity contribution in [2.24, 2.45) is 0 Å². The van der Waals surface area contributed by atoms with E-state index in [9.17, 15) is 0 Å². The van der Waals surface area contributed by atoms with Gasteiger partial charge in [-0.05, 0) is 19.9 Å². The molecule has 3 N–H and O–H groups in total. The van der Waals surface area contributed by atoms with Gasteiger partial charge in [0.05, 0.1) is 19.8 Å². The third-order valence-corrected chi connectivity index (χ3v) is 2.80. The lowest BCUT2D eigenvalue weighted by atomic mass is 10.2. The average molecular weight is 282 g/mol. The number of nitrogens with one attached hydrogen (secondary N) is 2. The molecule has 0 spiro atoms. The Hall–Kier alpha value is -1.30. The van der Waals surface area contributed by atoms with Crippen LogP contribution in [0.3, 0.4) is 0 Å². The van der Waals surface area contributed by atoms with Gasteiger partial charge < -0.3 is 25.2 Å². The molecule has 0 aromatic heterocycles. The number of rotatable bonds is 10. The zero-order chi connectivity index (χ0) is 14.8. The number of aliphatic hydroxyl groups is 1. The first-order valence-electron chi connectivity index (χ1n) is 7.07. The van der Waals surface area contributed by atoms with Crippen LogP contribution >= 0.6 is 0 Å².